The quantitative estimate of drug-likeness (QED) is 0.242. The van der Waals surface area contributed by atoms with Gasteiger partial charge in [0.25, 0.3) is 5.09 Å². The largest absolute Gasteiger partial charge is 0.387 e. The number of rotatable bonds is 12. The Hall–Kier alpha value is -2.04. The molecule has 0 heterocycles. The fraction of sp³-hybridized carbons (Fsp3) is 0.562. The SMILES string of the molecule is CSNc1ccc(C(O)CN(C(=O)COCCO[N+](=O)[O-])C(C)C)cc1. The van der Waals surface area contributed by atoms with Crippen molar-refractivity contribution in [2.24, 2.45) is 0 Å². The molecule has 0 saturated heterocycles. The Morgan fingerprint density at radius 3 is 2.54 bits per heavy atom. The molecule has 9 nitrogen and oxygen atoms in total. The Labute approximate surface area is 156 Å². The number of benzene rings is 1. The van der Waals surface area contributed by atoms with Crippen LogP contribution in [-0.2, 0) is 14.4 Å². The minimum atomic E-state index is -0.915. The fourth-order valence-electron chi connectivity index (χ4n) is 2.20. The third-order valence-corrected chi connectivity index (χ3v) is 3.92. The predicted molar refractivity (Wildman–Crippen MR) is 99.2 cm³/mol. The first-order valence-electron chi connectivity index (χ1n) is 8.06. The number of hydrogen-bond donors (Lipinski definition) is 2. The van der Waals surface area contributed by atoms with Crippen LogP contribution in [0.3, 0.4) is 0 Å². The van der Waals surface area contributed by atoms with Gasteiger partial charge < -0.3 is 24.3 Å². The number of carbonyl (C=O) groups excluding carboxylic acids is 1. The number of carbonyl (C=O) groups is 1. The van der Waals surface area contributed by atoms with Gasteiger partial charge in [-0.3, -0.25) is 4.79 Å². The molecule has 1 aromatic rings. The van der Waals surface area contributed by atoms with Crippen LogP contribution in [0.5, 0.6) is 0 Å². The van der Waals surface area contributed by atoms with Crippen LogP contribution in [-0.4, -0.2) is 59.7 Å². The highest BCUT2D eigenvalue weighted by molar-refractivity contribution is 7.99. The standard InChI is InChI=1S/C16H25N3O6S/c1-12(2)18(16(21)11-24-8-9-25-19(22)23)10-15(20)13-4-6-14(7-5-13)17-26-3/h4-7,12,15,17,20H,8-11H2,1-3H3. The lowest BCUT2D eigenvalue weighted by Gasteiger charge is -2.29. The van der Waals surface area contributed by atoms with Crippen LogP contribution in [0.1, 0.15) is 25.5 Å². The molecule has 0 fully saturated rings. The van der Waals surface area contributed by atoms with Gasteiger partial charge in [-0.25, -0.2) is 0 Å². The Kier molecular flexibility index (Phi) is 9.78. The summed E-state index contributed by atoms with van der Waals surface area (Å²) in [7, 11) is 0. The van der Waals surface area contributed by atoms with Gasteiger partial charge in [-0.05, 0) is 31.5 Å². The average Bonchev–Trinajstić information content (AvgIpc) is 2.59. The van der Waals surface area contributed by atoms with Crippen LogP contribution in [0.25, 0.3) is 0 Å². The zero-order valence-electron chi connectivity index (χ0n) is 15.1. The van der Waals surface area contributed by atoms with Crippen molar-refractivity contribution in [3.63, 3.8) is 0 Å². The van der Waals surface area contributed by atoms with E-state index in [0.29, 0.717) is 5.56 Å². The summed E-state index contributed by atoms with van der Waals surface area (Å²) in [5.74, 6) is -0.305. The smallest absolute Gasteiger partial charge is 0.294 e. The fourth-order valence-corrected chi connectivity index (χ4v) is 2.57. The molecule has 0 aliphatic carbocycles. The summed E-state index contributed by atoms with van der Waals surface area (Å²) in [6, 6.07) is 7.19. The molecule has 0 aliphatic rings. The molecule has 2 N–H and O–H groups in total. The maximum atomic E-state index is 12.3. The first-order valence-corrected chi connectivity index (χ1v) is 9.29. The number of nitrogens with one attached hydrogen (secondary N) is 1. The summed E-state index contributed by atoms with van der Waals surface area (Å²) in [6.07, 6.45) is 1.09. The third-order valence-electron chi connectivity index (χ3n) is 3.48. The van der Waals surface area contributed by atoms with Gasteiger partial charge in [0, 0.05) is 18.0 Å². The molecule has 10 heteroatoms. The first-order chi connectivity index (χ1) is 12.3. The van der Waals surface area contributed by atoms with Gasteiger partial charge >= 0.3 is 0 Å². The molecule has 0 aliphatic heterocycles. The van der Waals surface area contributed by atoms with E-state index in [4.69, 9.17) is 4.74 Å². The van der Waals surface area contributed by atoms with Crippen molar-refractivity contribution in [2.75, 3.05) is 37.3 Å². The van der Waals surface area contributed by atoms with Crippen LogP contribution in [0.4, 0.5) is 5.69 Å². The number of ether oxygens (including phenoxy) is 1. The van der Waals surface area contributed by atoms with Crippen molar-refractivity contribution in [3.05, 3.63) is 39.9 Å². The molecule has 1 unspecified atom stereocenters. The second-order valence-corrected chi connectivity index (χ2v) is 6.31. The molecule has 26 heavy (non-hydrogen) atoms. The second kappa shape index (κ2) is 11.6. The van der Waals surface area contributed by atoms with E-state index in [1.54, 1.807) is 12.1 Å². The van der Waals surface area contributed by atoms with Crippen molar-refractivity contribution in [1.82, 2.24) is 4.90 Å². The second-order valence-electron chi connectivity index (χ2n) is 5.69. The molecule has 0 aromatic heterocycles. The summed E-state index contributed by atoms with van der Waals surface area (Å²) in [5.41, 5.74) is 1.63. The molecule has 1 aromatic carbocycles. The first kappa shape index (κ1) is 22.0. The van der Waals surface area contributed by atoms with E-state index in [-0.39, 0.29) is 38.3 Å². The third kappa shape index (κ3) is 7.89. The van der Waals surface area contributed by atoms with Crippen molar-refractivity contribution in [1.29, 1.82) is 0 Å². The summed E-state index contributed by atoms with van der Waals surface area (Å²) >= 11 is 1.47. The Morgan fingerprint density at radius 2 is 2.00 bits per heavy atom. The van der Waals surface area contributed by atoms with E-state index in [1.807, 2.05) is 32.2 Å². The van der Waals surface area contributed by atoms with Crippen molar-refractivity contribution >= 4 is 23.5 Å². The zero-order valence-corrected chi connectivity index (χ0v) is 15.9. The topological polar surface area (TPSA) is 114 Å². The summed E-state index contributed by atoms with van der Waals surface area (Å²) in [6.45, 7) is 3.27. The molecule has 0 spiro atoms. The van der Waals surface area contributed by atoms with Crippen LogP contribution >= 0.6 is 11.9 Å². The van der Waals surface area contributed by atoms with E-state index in [1.165, 1.54) is 16.8 Å². The molecule has 0 bridgehead atoms. The number of amides is 1. The van der Waals surface area contributed by atoms with Crippen LogP contribution in [0.15, 0.2) is 24.3 Å². The van der Waals surface area contributed by atoms with Crippen LogP contribution < -0.4 is 4.72 Å². The molecular weight excluding hydrogens is 362 g/mol. The number of anilines is 1. The molecular formula is C16H25N3O6S. The van der Waals surface area contributed by atoms with E-state index in [2.05, 4.69) is 9.56 Å². The number of hydrogen-bond acceptors (Lipinski definition) is 8. The normalized spacial score (nSPS) is 11.9. The van der Waals surface area contributed by atoms with E-state index in [0.717, 1.165) is 5.69 Å². The lowest BCUT2D eigenvalue weighted by Crippen LogP contribution is -2.42. The van der Waals surface area contributed by atoms with Crippen molar-refractivity contribution in [2.45, 2.75) is 26.0 Å². The van der Waals surface area contributed by atoms with E-state index >= 15 is 0 Å². The van der Waals surface area contributed by atoms with E-state index in [9.17, 15) is 20.0 Å². The number of nitrogens with zero attached hydrogens (tertiary/aromatic N) is 2. The highest BCUT2D eigenvalue weighted by atomic mass is 32.2. The molecule has 1 rings (SSSR count). The van der Waals surface area contributed by atoms with Gasteiger partial charge in [-0.15, -0.1) is 10.1 Å². The lowest BCUT2D eigenvalue weighted by molar-refractivity contribution is -0.758. The van der Waals surface area contributed by atoms with Crippen LogP contribution in [0.2, 0.25) is 0 Å². The minimum absolute atomic E-state index is 0.0644. The monoisotopic (exact) mass is 387 g/mol. The van der Waals surface area contributed by atoms with Gasteiger partial charge in [0.1, 0.15) is 13.2 Å². The molecule has 146 valence electrons. The van der Waals surface area contributed by atoms with Gasteiger partial charge in [0.05, 0.1) is 19.3 Å². The van der Waals surface area contributed by atoms with Gasteiger partial charge in [-0.2, -0.15) is 0 Å². The summed E-state index contributed by atoms with van der Waals surface area (Å²) in [4.78, 5) is 27.9. The van der Waals surface area contributed by atoms with Gasteiger partial charge in [0.2, 0.25) is 5.91 Å². The minimum Gasteiger partial charge on any atom is -0.387 e. The Balaban J connectivity index is 2.54. The summed E-state index contributed by atoms with van der Waals surface area (Å²) < 4.78 is 8.19. The van der Waals surface area contributed by atoms with Gasteiger partial charge in [-0.1, -0.05) is 24.1 Å². The predicted octanol–water partition coefficient (Wildman–Crippen LogP) is 1.87. The highest BCUT2D eigenvalue weighted by Crippen LogP contribution is 2.19. The number of aliphatic hydroxyl groups excluding tert-OH is 1. The highest BCUT2D eigenvalue weighted by Gasteiger charge is 2.21. The molecule has 1 amide bonds. The zero-order chi connectivity index (χ0) is 19.5. The van der Waals surface area contributed by atoms with Crippen molar-refractivity contribution in [3.8, 4) is 0 Å². The molecule has 0 saturated carbocycles. The summed E-state index contributed by atoms with van der Waals surface area (Å²) in [5, 5.41) is 19.5. The number of aliphatic hydroxyl groups is 1. The van der Waals surface area contributed by atoms with E-state index < -0.39 is 11.2 Å². The molecule has 1 atom stereocenters. The molecule has 0 radical (unpaired) electrons. The average molecular weight is 387 g/mol. The lowest BCUT2D eigenvalue weighted by atomic mass is 10.1. The maximum absolute atomic E-state index is 12.3. The van der Waals surface area contributed by atoms with Gasteiger partial charge in [0.15, 0.2) is 0 Å². The van der Waals surface area contributed by atoms with Crippen LogP contribution in [0, 0.1) is 10.1 Å². The van der Waals surface area contributed by atoms with Crippen molar-refractivity contribution < 1.29 is 24.6 Å². The Morgan fingerprint density at radius 1 is 1.35 bits per heavy atom. The Bertz CT molecular complexity index is 570. The maximum Gasteiger partial charge on any atom is 0.294 e.